The first-order valence-corrected chi connectivity index (χ1v) is 10.1. The number of aliphatic hydroxyl groups excluding tert-OH is 2. The van der Waals surface area contributed by atoms with E-state index < -0.39 is 26.8 Å². The molecule has 1 aliphatic rings. The van der Waals surface area contributed by atoms with Crippen molar-refractivity contribution in [2.24, 2.45) is 5.92 Å². The van der Waals surface area contributed by atoms with E-state index in [2.05, 4.69) is 33.9 Å². The van der Waals surface area contributed by atoms with Crippen molar-refractivity contribution in [3.63, 3.8) is 0 Å². The molecule has 0 aliphatic carbocycles. The van der Waals surface area contributed by atoms with Crippen molar-refractivity contribution in [3.05, 3.63) is 0 Å². The van der Waals surface area contributed by atoms with Crippen molar-refractivity contribution >= 4 is 8.32 Å². The van der Waals surface area contributed by atoms with Gasteiger partial charge < -0.3 is 24.1 Å². The van der Waals surface area contributed by atoms with Gasteiger partial charge in [-0.25, -0.2) is 0 Å². The van der Waals surface area contributed by atoms with Crippen molar-refractivity contribution in [1.82, 2.24) is 0 Å². The van der Waals surface area contributed by atoms with E-state index in [-0.39, 0.29) is 23.7 Å². The van der Waals surface area contributed by atoms with Crippen molar-refractivity contribution in [2.45, 2.75) is 70.4 Å². The Kier molecular flexibility index (Phi) is 5.80. The molecule has 0 saturated carbocycles. The lowest BCUT2D eigenvalue weighted by Crippen LogP contribution is -2.59. The monoisotopic (exact) mass is 306 g/mol. The first-order valence-electron chi connectivity index (χ1n) is 7.20. The highest BCUT2D eigenvalue weighted by molar-refractivity contribution is 6.74. The minimum Gasteiger partial charge on any atom is -0.411 e. The van der Waals surface area contributed by atoms with E-state index in [1.165, 1.54) is 0 Å². The van der Waals surface area contributed by atoms with Crippen LogP contribution in [0.1, 0.15) is 27.7 Å². The molecule has 20 heavy (non-hydrogen) atoms. The Hall–Kier alpha value is 0.0169. The second-order valence-electron chi connectivity index (χ2n) is 7.15. The summed E-state index contributed by atoms with van der Waals surface area (Å²) in [6, 6.07) is 0. The number of hydrogen-bond donors (Lipinski definition) is 2. The summed E-state index contributed by atoms with van der Waals surface area (Å²) < 4.78 is 17.2. The maximum absolute atomic E-state index is 10.4. The van der Waals surface area contributed by atoms with Crippen LogP contribution in [0.4, 0.5) is 0 Å². The third kappa shape index (κ3) is 3.61. The molecule has 5 nitrogen and oxygen atoms in total. The molecule has 2 unspecified atom stereocenters. The average Bonchev–Trinajstić information content (AvgIpc) is 2.33. The standard InChI is InChI=1S/C14H30O5Si/c1-9-12(19-20(6,7)14(2,3)4)11(16)10(8-15)18-13(9)17-5/h9-13,15-16H,8H2,1-7H3/t9?,10?,11-,12-,13-/m1/s1. The van der Waals surface area contributed by atoms with Gasteiger partial charge in [-0.1, -0.05) is 27.7 Å². The van der Waals surface area contributed by atoms with Gasteiger partial charge in [0, 0.05) is 13.0 Å². The Balaban J connectivity index is 2.94. The van der Waals surface area contributed by atoms with Gasteiger partial charge >= 0.3 is 0 Å². The largest absolute Gasteiger partial charge is 0.411 e. The van der Waals surface area contributed by atoms with Crippen molar-refractivity contribution < 1.29 is 24.1 Å². The third-order valence-electron chi connectivity index (χ3n) is 4.62. The summed E-state index contributed by atoms with van der Waals surface area (Å²) >= 11 is 0. The normalized spacial score (nSPS) is 36.1. The maximum atomic E-state index is 10.4. The van der Waals surface area contributed by atoms with Crippen LogP contribution < -0.4 is 0 Å². The number of methoxy groups -OCH3 is 1. The molecule has 5 atom stereocenters. The highest BCUT2D eigenvalue weighted by Gasteiger charge is 2.48. The smallest absolute Gasteiger partial charge is 0.192 e. The van der Waals surface area contributed by atoms with Gasteiger partial charge in [0.2, 0.25) is 0 Å². The molecule has 6 heteroatoms. The zero-order valence-corrected chi connectivity index (χ0v) is 14.7. The van der Waals surface area contributed by atoms with Crippen LogP contribution in [0.5, 0.6) is 0 Å². The van der Waals surface area contributed by atoms with E-state index in [0.717, 1.165) is 0 Å². The number of aliphatic hydroxyl groups is 2. The summed E-state index contributed by atoms with van der Waals surface area (Å²) in [6.45, 7) is 12.5. The van der Waals surface area contributed by atoms with Crippen LogP contribution in [0, 0.1) is 5.92 Å². The minimum atomic E-state index is -2.01. The predicted molar refractivity (Wildman–Crippen MR) is 80.0 cm³/mol. The minimum absolute atomic E-state index is 0.0576. The lowest BCUT2D eigenvalue weighted by atomic mass is 9.92. The van der Waals surface area contributed by atoms with E-state index in [0.29, 0.717) is 0 Å². The maximum Gasteiger partial charge on any atom is 0.192 e. The molecule has 0 spiro atoms. The van der Waals surface area contributed by atoms with Crippen molar-refractivity contribution in [1.29, 1.82) is 0 Å². The zero-order chi connectivity index (χ0) is 15.7. The zero-order valence-electron chi connectivity index (χ0n) is 13.7. The molecule has 1 fully saturated rings. The second kappa shape index (κ2) is 6.42. The molecular weight excluding hydrogens is 276 g/mol. The SMILES string of the molecule is CO[C@@H]1OC(CO)[C@@H](O)[C@H](O[Si](C)(C)C(C)(C)C)C1C. The molecule has 0 bridgehead atoms. The lowest BCUT2D eigenvalue weighted by molar-refractivity contribution is -0.272. The average molecular weight is 306 g/mol. The van der Waals surface area contributed by atoms with Crippen LogP contribution >= 0.6 is 0 Å². The highest BCUT2D eigenvalue weighted by Crippen LogP contribution is 2.40. The van der Waals surface area contributed by atoms with Crippen LogP contribution in [0.2, 0.25) is 18.1 Å². The van der Waals surface area contributed by atoms with Crippen LogP contribution in [0.3, 0.4) is 0 Å². The molecule has 1 aliphatic heterocycles. The summed E-state index contributed by atoms with van der Waals surface area (Å²) in [5.41, 5.74) is 0. The van der Waals surface area contributed by atoms with Crippen LogP contribution in [-0.2, 0) is 13.9 Å². The quantitative estimate of drug-likeness (QED) is 0.774. The van der Waals surface area contributed by atoms with Gasteiger partial charge in [0.25, 0.3) is 0 Å². The Bertz CT molecular complexity index is 299. The number of hydrogen-bond acceptors (Lipinski definition) is 5. The fourth-order valence-electron chi connectivity index (χ4n) is 2.17. The van der Waals surface area contributed by atoms with E-state index in [9.17, 15) is 10.2 Å². The molecule has 0 amide bonds. The summed E-state index contributed by atoms with van der Waals surface area (Å²) in [6.07, 6.45) is -2.35. The van der Waals surface area contributed by atoms with Crippen LogP contribution in [-0.4, -0.2) is 56.8 Å². The van der Waals surface area contributed by atoms with Gasteiger partial charge in [0.1, 0.15) is 12.2 Å². The highest BCUT2D eigenvalue weighted by atomic mass is 28.4. The molecule has 0 aromatic carbocycles. The van der Waals surface area contributed by atoms with Crippen LogP contribution in [0.15, 0.2) is 0 Å². The molecule has 0 radical (unpaired) electrons. The molecule has 0 aromatic rings. The number of ether oxygens (including phenoxy) is 2. The van der Waals surface area contributed by atoms with Crippen molar-refractivity contribution in [2.75, 3.05) is 13.7 Å². The summed E-state index contributed by atoms with van der Waals surface area (Å²) in [4.78, 5) is 0. The van der Waals surface area contributed by atoms with E-state index >= 15 is 0 Å². The van der Waals surface area contributed by atoms with Gasteiger partial charge in [0.15, 0.2) is 14.6 Å². The van der Waals surface area contributed by atoms with Gasteiger partial charge in [-0.2, -0.15) is 0 Å². The topological polar surface area (TPSA) is 68.2 Å². The molecule has 0 aromatic heterocycles. The lowest BCUT2D eigenvalue weighted by Gasteiger charge is -2.47. The molecule has 1 saturated heterocycles. The summed E-state index contributed by atoms with van der Waals surface area (Å²) in [5, 5.41) is 19.8. The Labute approximate surface area is 123 Å². The molecule has 2 N–H and O–H groups in total. The Morgan fingerprint density at radius 1 is 1.25 bits per heavy atom. The van der Waals surface area contributed by atoms with Gasteiger partial charge in [0.05, 0.1) is 12.7 Å². The molecular formula is C14H30O5Si. The van der Waals surface area contributed by atoms with E-state index in [1.54, 1.807) is 7.11 Å². The Morgan fingerprint density at radius 3 is 2.20 bits per heavy atom. The second-order valence-corrected chi connectivity index (χ2v) is 11.9. The van der Waals surface area contributed by atoms with Gasteiger partial charge in [-0.15, -0.1) is 0 Å². The summed E-state index contributed by atoms with van der Waals surface area (Å²) in [7, 11) is -0.447. The summed E-state index contributed by atoms with van der Waals surface area (Å²) in [5.74, 6) is -0.0908. The van der Waals surface area contributed by atoms with E-state index in [1.807, 2.05) is 6.92 Å². The number of rotatable bonds is 4. The molecule has 1 rings (SSSR count). The van der Waals surface area contributed by atoms with Crippen molar-refractivity contribution in [3.8, 4) is 0 Å². The fraction of sp³-hybridized carbons (Fsp3) is 1.00. The third-order valence-corrected chi connectivity index (χ3v) is 9.10. The van der Waals surface area contributed by atoms with Gasteiger partial charge in [-0.05, 0) is 18.1 Å². The van der Waals surface area contributed by atoms with Gasteiger partial charge in [-0.3, -0.25) is 0 Å². The predicted octanol–water partition coefficient (Wildman–Crippen LogP) is 1.74. The molecule has 1 heterocycles. The Morgan fingerprint density at radius 2 is 1.80 bits per heavy atom. The fourth-order valence-corrected chi connectivity index (χ4v) is 3.56. The first-order chi connectivity index (χ1) is 9.05. The molecule has 120 valence electrons. The van der Waals surface area contributed by atoms with Crippen LogP contribution in [0.25, 0.3) is 0 Å². The van der Waals surface area contributed by atoms with E-state index in [4.69, 9.17) is 13.9 Å². The first kappa shape index (κ1) is 18.1.